The summed E-state index contributed by atoms with van der Waals surface area (Å²) in [5.74, 6) is 1.99. The molecule has 0 aromatic rings. The Kier molecular flexibility index (Phi) is 6.11. The number of hydrogen-bond acceptors (Lipinski definition) is 2. The summed E-state index contributed by atoms with van der Waals surface area (Å²) in [6.07, 6.45) is 11.3. The third kappa shape index (κ3) is 3.33. The minimum Gasteiger partial charge on any atom is -0.393 e. The predicted molar refractivity (Wildman–Crippen MR) is 134 cm³/mol. The van der Waals surface area contributed by atoms with E-state index in [1.165, 1.54) is 38.5 Å². The Hall–Kier alpha value is -0.600. The van der Waals surface area contributed by atoms with Crippen molar-refractivity contribution in [2.45, 2.75) is 125 Å². The molecule has 2 N–H and O–H groups in total. The Morgan fingerprint density at radius 1 is 0.969 bits per heavy atom. The molecule has 2 nitrogen and oxygen atoms in total. The quantitative estimate of drug-likeness (QED) is 0.434. The number of fused-ring (bicyclic) bond motifs is 4. The number of rotatable bonds is 5. The molecule has 0 bridgehead atoms. The second kappa shape index (κ2) is 7.98. The van der Waals surface area contributed by atoms with Gasteiger partial charge in [-0.15, -0.1) is 0 Å². The smallest absolute Gasteiger partial charge is 0.0744 e. The zero-order valence-electron chi connectivity index (χ0n) is 22.1. The van der Waals surface area contributed by atoms with E-state index in [0.29, 0.717) is 22.7 Å². The summed E-state index contributed by atoms with van der Waals surface area (Å²) < 4.78 is 0. The van der Waals surface area contributed by atoms with Crippen LogP contribution in [0, 0.1) is 39.4 Å². The Morgan fingerprint density at radius 2 is 1.66 bits per heavy atom. The molecule has 0 aliphatic heterocycles. The first kappa shape index (κ1) is 24.5. The Labute approximate surface area is 198 Å². The van der Waals surface area contributed by atoms with E-state index in [-0.39, 0.29) is 23.0 Å². The van der Waals surface area contributed by atoms with Gasteiger partial charge in [0.15, 0.2) is 0 Å². The van der Waals surface area contributed by atoms with E-state index in [9.17, 15) is 10.2 Å². The fourth-order valence-electron chi connectivity index (χ4n) is 9.50. The third-order valence-electron chi connectivity index (χ3n) is 11.9. The Bertz CT molecular complexity index is 793. The van der Waals surface area contributed by atoms with Gasteiger partial charge in [0.1, 0.15) is 0 Å². The summed E-state index contributed by atoms with van der Waals surface area (Å²) >= 11 is 0. The van der Waals surface area contributed by atoms with Crippen LogP contribution in [0.15, 0.2) is 23.3 Å². The predicted octanol–water partition coefficient (Wildman–Crippen LogP) is 7.45. The van der Waals surface area contributed by atoms with Gasteiger partial charge in [-0.2, -0.15) is 0 Å². The normalized spacial score (nSPS) is 45.0. The van der Waals surface area contributed by atoms with Crippen LogP contribution in [0.2, 0.25) is 0 Å². The van der Waals surface area contributed by atoms with Crippen LogP contribution >= 0.6 is 0 Å². The molecule has 32 heavy (non-hydrogen) atoms. The van der Waals surface area contributed by atoms with Gasteiger partial charge in [0.05, 0.1) is 12.2 Å². The van der Waals surface area contributed by atoms with Gasteiger partial charge >= 0.3 is 0 Å². The van der Waals surface area contributed by atoms with Crippen molar-refractivity contribution in [3.05, 3.63) is 23.3 Å². The minimum atomic E-state index is -0.348. The molecule has 0 spiro atoms. The lowest BCUT2D eigenvalue weighted by atomic mass is 9.43. The van der Waals surface area contributed by atoms with Crippen LogP contribution in [0.1, 0.15) is 113 Å². The first-order chi connectivity index (χ1) is 14.8. The van der Waals surface area contributed by atoms with Crippen molar-refractivity contribution < 1.29 is 10.2 Å². The van der Waals surface area contributed by atoms with Crippen molar-refractivity contribution in [3.63, 3.8) is 0 Å². The monoisotopic (exact) mass is 442 g/mol. The van der Waals surface area contributed by atoms with Crippen LogP contribution in [0.25, 0.3) is 0 Å². The number of aliphatic hydroxyl groups is 2. The summed E-state index contributed by atoms with van der Waals surface area (Å²) in [7, 11) is 0. The zero-order chi connectivity index (χ0) is 23.7. The molecular weight excluding hydrogens is 392 g/mol. The molecule has 0 amide bonds. The van der Waals surface area contributed by atoms with Crippen LogP contribution in [0.5, 0.6) is 0 Å². The van der Waals surface area contributed by atoms with E-state index in [1.807, 2.05) is 12.5 Å². The fraction of sp³-hybridized carbons (Fsp3) is 0.867. The molecule has 182 valence electrons. The van der Waals surface area contributed by atoms with Crippen LogP contribution in [0.3, 0.4) is 0 Å². The summed E-state index contributed by atoms with van der Waals surface area (Å²) in [5.41, 5.74) is 5.51. The summed E-state index contributed by atoms with van der Waals surface area (Å²) in [6.45, 7) is 20.8. The molecule has 2 saturated carbocycles. The third-order valence-corrected chi connectivity index (χ3v) is 11.9. The maximum Gasteiger partial charge on any atom is 0.0744 e. The van der Waals surface area contributed by atoms with Gasteiger partial charge in [-0.25, -0.2) is 0 Å². The van der Waals surface area contributed by atoms with E-state index < -0.39 is 0 Å². The van der Waals surface area contributed by atoms with Gasteiger partial charge < -0.3 is 10.2 Å². The molecule has 0 heterocycles. The Morgan fingerprint density at radius 3 is 2.31 bits per heavy atom. The standard InChI is InChI=1S/C30H50O2/c1-19(2)24(31)11-9-20(3)21-13-17-30(8)23-10-12-25-27(4,5)26(32)15-16-28(25,6)22(23)14-18-29(21,30)7/h20-21,24-26,31-32H,1,9-18H2,2-8H3. The lowest BCUT2D eigenvalue weighted by molar-refractivity contribution is -0.0962. The highest BCUT2D eigenvalue weighted by Crippen LogP contribution is 2.72. The average Bonchev–Trinajstić information content (AvgIpc) is 3.00. The highest BCUT2D eigenvalue weighted by molar-refractivity contribution is 5.38. The minimum absolute atomic E-state index is 0.0179. The van der Waals surface area contributed by atoms with Crippen molar-refractivity contribution >= 4 is 0 Å². The van der Waals surface area contributed by atoms with Crippen LogP contribution in [0.4, 0.5) is 0 Å². The SMILES string of the molecule is C=C(C)C(O)CCC(C)C1CCC2(C)C3=C(CCC12C)C1(C)CCC(O)C(C)(C)C1CC3. The highest BCUT2D eigenvalue weighted by Gasteiger charge is 2.63. The number of aliphatic hydroxyl groups excluding tert-OH is 2. The van der Waals surface area contributed by atoms with E-state index in [1.54, 1.807) is 5.57 Å². The number of hydrogen-bond donors (Lipinski definition) is 2. The second-order valence-corrected chi connectivity index (χ2v) is 13.7. The fourth-order valence-corrected chi connectivity index (χ4v) is 9.50. The van der Waals surface area contributed by atoms with Gasteiger partial charge in [0, 0.05) is 0 Å². The maximum absolute atomic E-state index is 10.8. The molecule has 0 aromatic heterocycles. The molecule has 0 radical (unpaired) electrons. The van der Waals surface area contributed by atoms with Crippen molar-refractivity contribution in [1.82, 2.24) is 0 Å². The molecule has 2 fully saturated rings. The second-order valence-electron chi connectivity index (χ2n) is 13.7. The van der Waals surface area contributed by atoms with Crippen molar-refractivity contribution in [2.75, 3.05) is 0 Å². The lowest BCUT2D eigenvalue weighted by Crippen LogP contribution is -2.55. The molecule has 4 rings (SSSR count). The highest BCUT2D eigenvalue weighted by atomic mass is 16.3. The first-order valence-electron chi connectivity index (χ1n) is 13.5. The molecule has 8 atom stereocenters. The van der Waals surface area contributed by atoms with Gasteiger partial charge in [-0.05, 0) is 111 Å². The zero-order valence-corrected chi connectivity index (χ0v) is 22.1. The molecule has 0 saturated heterocycles. The molecule has 8 unspecified atom stereocenters. The van der Waals surface area contributed by atoms with Crippen molar-refractivity contribution in [1.29, 1.82) is 0 Å². The first-order valence-corrected chi connectivity index (χ1v) is 13.5. The topological polar surface area (TPSA) is 40.5 Å². The maximum atomic E-state index is 10.8. The van der Waals surface area contributed by atoms with Crippen LogP contribution < -0.4 is 0 Å². The largest absolute Gasteiger partial charge is 0.393 e. The lowest BCUT2D eigenvalue weighted by Gasteiger charge is -2.62. The van der Waals surface area contributed by atoms with Gasteiger partial charge in [0.2, 0.25) is 0 Å². The van der Waals surface area contributed by atoms with Crippen molar-refractivity contribution in [3.8, 4) is 0 Å². The van der Waals surface area contributed by atoms with E-state index in [2.05, 4.69) is 48.1 Å². The summed E-state index contributed by atoms with van der Waals surface area (Å²) in [4.78, 5) is 0. The molecule has 2 heteroatoms. The Balaban J connectivity index is 1.62. The van der Waals surface area contributed by atoms with Gasteiger partial charge in [0.25, 0.3) is 0 Å². The van der Waals surface area contributed by atoms with Gasteiger partial charge in [-0.1, -0.05) is 64.8 Å². The summed E-state index contributed by atoms with van der Waals surface area (Å²) in [5, 5.41) is 21.1. The number of allylic oxidation sites excluding steroid dienone is 2. The average molecular weight is 443 g/mol. The van der Waals surface area contributed by atoms with Crippen LogP contribution in [-0.2, 0) is 0 Å². The molecule has 4 aliphatic carbocycles. The summed E-state index contributed by atoms with van der Waals surface area (Å²) in [6, 6.07) is 0. The molecule has 4 aliphatic rings. The molecular formula is C30H50O2. The van der Waals surface area contributed by atoms with E-state index in [0.717, 1.165) is 37.2 Å². The van der Waals surface area contributed by atoms with E-state index in [4.69, 9.17) is 0 Å². The van der Waals surface area contributed by atoms with Gasteiger partial charge in [-0.3, -0.25) is 0 Å². The van der Waals surface area contributed by atoms with E-state index >= 15 is 0 Å². The van der Waals surface area contributed by atoms with Crippen LogP contribution in [-0.4, -0.2) is 22.4 Å². The molecule has 0 aromatic carbocycles. The van der Waals surface area contributed by atoms with Crippen molar-refractivity contribution in [2.24, 2.45) is 39.4 Å².